The monoisotopic (exact) mass is 231 g/mol. The number of rotatable bonds is 3. The summed E-state index contributed by atoms with van der Waals surface area (Å²) in [6, 6.07) is 3.77. The molecule has 1 aromatic rings. The van der Waals surface area contributed by atoms with Gasteiger partial charge in [-0.1, -0.05) is 0 Å². The molecule has 90 valence electrons. The van der Waals surface area contributed by atoms with E-state index in [2.05, 4.69) is 26.8 Å². The van der Waals surface area contributed by atoms with Crippen molar-refractivity contribution in [1.82, 2.24) is 14.9 Å². The SMILES string of the molecule is CN1CCC(CN(C)c2cc(C#N)ncn2)C1. The van der Waals surface area contributed by atoms with Crippen molar-refractivity contribution in [3.8, 4) is 6.07 Å². The van der Waals surface area contributed by atoms with E-state index in [-0.39, 0.29) is 0 Å². The van der Waals surface area contributed by atoms with Crippen molar-refractivity contribution in [1.29, 1.82) is 5.26 Å². The molecule has 0 spiro atoms. The lowest BCUT2D eigenvalue weighted by molar-refractivity contribution is 0.395. The molecule has 0 radical (unpaired) electrons. The highest BCUT2D eigenvalue weighted by atomic mass is 15.2. The first-order valence-electron chi connectivity index (χ1n) is 5.81. The van der Waals surface area contributed by atoms with Gasteiger partial charge in [-0.3, -0.25) is 0 Å². The van der Waals surface area contributed by atoms with Gasteiger partial charge >= 0.3 is 0 Å². The predicted molar refractivity (Wildman–Crippen MR) is 65.6 cm³/mol. The van der Waals surface area contributed by atoms with Gasteiger partial charge in [-0.05, 0) is 25.9 Å². The Morgan fingerprint density at radius 2 is 2.41 bits per heavy atom. The molecule has 17 heavy (non-hydrogen) atoms. The third-order valence-corrected chi connectivity index (χ3v) is 3.18. The molecule has 1 fully saturated rings. The van der Waals surface area contributed by atoms with E-state index in [0.29, 0.717) is 11.6 Å². The minimum atomic E-state index is 0.422. The normalized spacial score (nSPS) is 20.2. The van der Waals surface area contributed by atoms with Gasteiger partial charge in [0.2, 0.25) is 0 Å². The summed E-state index contributed by atoms with van der Waals surface area (Å²) in [5.74, 6) is 1.51. The number of aromatic nitrogens is 2. The summed E-state index contributed by atoms with van der Waals surface area (Å²) >= 11 is 0. The maximum atomic E-state index is 8.80. The standard InChI is InChI=1S/C12H17N5/c1-16-4-3-10(7-16)8-17(2)12-5-11(6-13)14-9-15-12/h5,9-10H,3-4,7-8H2,1-2H3. The Morgan fingerprint density at radius 1 is 1.59 bits per heavy atom. The molecule has 1 unspecified atom stereocenters. The van der Waals surface area contributed by atoms with Crippen LogP contribution in [0.2, 0.25) is 0 Å². The first kappa shape index (κ1) is 11.8. The minimum absolute atomic E-state index is 0.422. The molecular weight excluding hydrogens is 214 g/mol. The highest BCUT2D eigenvalue weighted by molar-refractivity contribution is 5.41. The summed E-state index contributed by atoms with van der Waals surface area (Å²) in [6.07, 6.45) is 2.68. The van der Waals surface area contributed by atoms with Gasteiger partial charge in [-0.25, -0.2) is 9.97 Å². The highest BCUT2D eigenvalue weighted by Crippen LogP contribution is 2.18. The summed E-state index contributed by atoms with van der Waals surface area (Å²) in [7, 11) is 4.17. The fourth-order valence-electron chi connectivity index (χ4n) is 2.27. The lowest BCUT2D eigenvalue weighted by Crippen LogP contribution is -2.27. The first-order valence-corrected chi connectivity index (χ1v) is 5.81. The van der Waals surface area contributed by atoms with E-state index >= 15 is 0 Å². The zero-order chi connectivity index (χ0) is 12.3. The summed E-state index contributed by atoms with van der Waals surface area (Å²) in [6.45, 7) is 3.29. The van der Waals surface area contributed by atoms with Gasteiger partial charge in [0.25, 0.3) is 0 Å². The molecule has 2 rings (SSSR count). The molecule has 0 saturated carbocycles. The van der Waals surface area contributed by atoms with Crippen molar-refractivity contribution in [3.05, 3.63) is 18.1 Å². The molecular formula is C12H17N5. The number of likely N-dealkylation sites (tertiary alicyclic amines) is 1. The van der Waals surface area contributed by atoms with E-state index in [4.69, 9.17) is 5.26 Å². The first-order chi connectivity index (χ1) is 8.19. The second kappa shape index (κ2) is 5.11. The average molecular weight is 231 g/mol. The van der Waals surface area contributed by atoms with Crippen LogP contribution in [0, 0.1) is 17.2 Å². The van der Waals surface area contributed by atoms with Gasteiger partial charge < -0.3 is 9.80 Å². The maximum absolute atomic E-state index is 8.80. The summed E-state index contributed by atoms with van der Waals surface area (Å²) in [5, 5.41) is 8.80. The smallest absolute Gasteiger partial charge is 0.145 e. The molecule has 0 amide bonds. The summed E-state index contributed by atoms with van der Waals surface area (Å²) in [5.41, 5.74) is 0.422. The molecule has 0 bridgehead atoms. The van der Waals surface area contributed by atoms with Crippen molar-refractivity contribution in [3.63, 3.8) is 0 Å². The second-order valence-electron chi connectivity index (χ2n) is 4.67. The molecule has 1 atom stereocenters. The van der Waals surface area contributed by atoms with Gasteiger partial charge in [0.05, 0.1) is 0 Å². The number of nitrogens with zero attached hydrogens (tertiary/aromatic N) is 5. The average Bonchev–Trinajstić information content (AvgIpc) is 2.75. The second-order valence-corrected chi connectivity index (χ2v) is 4.67. The van der Waals surface area contributed by atoms with Crippen LogP contribution in [0.15, 0.2) is 12.4 Å². The fourth-order valence-corrected chi connectivity index (χ4v) is 2.27. The van der Waals surface area contributed by atoms with Crippen LogP contribution in [-0.4, -0.2) is 48.6 Å². The van der Waals surface area contributed by atoms with Crippen LogP contribution in [-0.2, 0) is 0 Å². The van der Waals surface area contributed by atoms with Crippen LogP contribution in [0.4, 0.5) is 5.82 Å². The third-order valence-electron chi connectivity index (χ3n) is 3.18. The molecule has 1 aliphatic rings. The van der Waals surface area contributed by atoms with E-state index in [1.807, 2.05) is 13.1 Å². The fraction of sp³-hybridized carbons (Fsp3) is 0.583. The Labute approximate surface area is 102 Å². The Kier molecular flexibility index (Phi) is 3.55. The molecule has 1 aromatic heterocycles. The molecule has 1 saturated heterocycles. The van der Waals surface area contributed by atoms with Crippen LogP contribution in [0.1, 0.15) is 12.1 Å². The topological polar surface area (TPSA) is 56.0 Å². The van der Waals surface area contributed by atoms with Gasteiger partial charge in [0.15, 0.2) is 0 Å². The van der Waals surface area contributed by atoms with Crippen LogP contribution >= 0.6 is 0 Å². The predicted octanol–water partition coefficient (Wildman–Crippen LogP) is 0.736. The lowest BCUT2D eigenvalue weighted by atomic mass is 10.1. The van der Waals surface area contributed by atoms with E-state index in [9.17, 15) is 0 Å². The van der Waals surface area contributed by atoms with E-state index < -0.39 is 0 Å². The van der Waals surface area contributed by atoms with Crippen molar-refractivity contribution >= 4 is 5.82 Å². The summed E-state index contributed by atoms with van der Waals surface area (Å²) in [4.78, 5) is 12.5. The van der Waals surface area contributed by atoms with Crippen molar-refractivity contribution in [2.24, 2.45) is 5.92 Å². The van der Waals surface area contributed by atoms with Gasteiger partial charge in [0.1, 0.15) is 23.9 Å². The van der Waals surface area contributed by atoms with Gasteiger partial charge in [-0.2, -0.15) is 5.26 Å². The number of hydrogen-bond acceptors (Lipinski definition) is 5. The zero-order valence-electron chi connectivity index (χ0n) is 10.3. The third kappa shape index (κ3) is 2.92. The quantitative estimate of drug-likeness (QED) is 0.768. The minimum Gasteiger partial charge on any atom is -0.359 e. The van der Waals surface area contributed by atoms with E-state index in [1.54, 1.807) is 6.07 Å². The number of nitriles is 1. The Balaban J connectivity index is 1.99. The molecule has 5 nitrogen and oxygen atoms in total. The van der Waals surface area contributed by atoms with Crippen molar-refractivity contribution in [2.75, 3.05) is 38.6 Å². The highest BCUT2D eigenvalue weighted by Gasteiger charge is 2.21. The maximum Gasteiger partial charge on any atom is 0.145 e. The van der Waals surface area contributed by atoms with E-state index in [1.165, 1.54) is 19.3 Å². The Morgan fingerprint density at radius 3 is 3.06 bits per heavy atom. The Hall–Kier alpha value is -1.67. The largest absolute Gasteiger partial charge is 0.359 e. The Bertz CT molecular complexity index is 425. The molecule has 0 N–H and O–H groups in total. The van der Waals surface area contributed by atoms with Crippen LogP contribution in [0.25, 0.3) is 0 Å². The van der Waals surface area contributed by atoms with Crippen molar-refractivity contribution < 1.29 is 0 Å². The summed E-state index contributed by atoms with van der Waals surface area (Å²) < 4.78 is 0. The van der Waals surface area contributed by atoms with E-state index in [0.717, 1.165) is 18.9 Å². The van der Waals surface area contributed by atoms with Gasteiger partial charge in [0, 0.05) is 26.2 Å². The van der Waals surface area contributed by atoms with Crippen LogP contribution in [0.5, 0.6) is 0 Å². The number of hydrogen-bond donors (Lipinski definition) is 0. The van der Waals surface area contributed by atoms with Gasteiger partial charge in [-0.15, -0.1) is 0 Å². The molecule has 0 aromatic carbocycles. The molecule has 0 aliphatic carbocycles. The lowest BCUT2D eigenvalue weighted by Gasteiger charge is -2.21. The molecule has 2 heterocycles. The van der Waals surface area contributed by atoms with Crippen molar-refractivity contribution in [2.45, 2.75) is 6.42 Å². The zero-order valence-corrected chi connectivity index (χ0v) is 10.3. The van der Waals surface area contributed by atoms with Crippen LogP contribution in [0.3, 0.4) is 0 Å². The molecule has 1 aliphatic heterocycles. The van der Waals surface area contributed by atoms with Crippen LogP contribution < -0.4 is 4.90 Å². The number of anilines is 1. The molecule has 5 heteroatoms.